The third-order valence-corrected chi connectivity index (χ3v) is 17.5. The summed E-state index contributed by atoms with van der Waals surface area (Å²) in [6.45, 7) is 0. The van der Waals surface area contributed by atoms with Crippen LogP contribution in [0.1, 0.15) is 0 Å². The highest BCUT2D eigenvalue weighted by molar-refractivity contribution is 6.35. The van der Waals surface area contributed by atoms with Crippen LogP contribution < -0.4 is 0 Å². The highest BCUT2D eigenvalue weighted by Gasteiger charge is 2.28. The van der Waals surface area contributed by atoms with Crippen LogP contribution in [0.5, 0.6) is 0 Å². The summed E-state index contributed by atoms with van der Waals surface area (Å²) in [7, 11) is 0. The van der Waals surface area contributed by atoms with Crippen LogP contribution >= 0.6 is 0 Å². The van der Waals surface area contributed by atoms with Gasteiger partial charge in [-0.1, -0.05) is 170 Å². The Kier molecular flexibility index (Phi) is 7.68. The zero-order valence-corrected chi connectivity index (χ0v) is 41.9. The highest BCUT2D eigenvalue weighted by atomic mass is 15.0. The normalized spacial score (nSPS) is 12.6. The Balaban J connectivity index is 0.929. The maximum absolute atomic E-state index is 5.99. The van der Waals surface area contributed by atoms with E-state index < -0.39 is 0 Å². The molecule has 0 N–H and O–H groups in total. The Bertz CT molecular complexity index is 5790. The van der Waals surface area contributed by atoms with Gasteiger partial charge in [-0.2, -0.15) is 0 Å². The van der Waals surface area contributed by atoms with E-state index in [1.54, 1.807) is 0 Å². The lowest BCUT2D eigenvalue weighted by atomic mass is 9.92. The number of para-hydroxylation sites is 6. The second kappa shape index (κ2) is 14.7. The van der Waals surface area contributed by atoms with Gasteiger partial charge in [0.15, 0.2) is 0 Å². The van der Waals surface area contributed by atoms with Crippen molar-refractivity contribution >= 4 is 142 Å². The summed E-state index contributed by atoms with van der Waals surface area (Å²) in [4.78, 5) is 5.99. The lowest BCUT2D eigenvalue weighted by molar-refractivity contribution is 1.18. The van der Waals surface area contributed by atoms with Crippen LogP contribution in [0, 0.1) is 0 Å². The fourth-order valence-corrected chi connectivity index (χ4v) is 14.4. The number of hydrogen-bond acceptors (Lipinski definition) is 1. The molecule has 19 rings (SSSR count). The van der Waals surface area contributed by atoms with Crippen molar-refractivity contribution in [1.82, 2.24) is 22.9 Å². The van der Waals surface area contributed by atoms with Gasteiger partial charge in [0, 0.05) is 81.8 Å². The second-order valence-corrected chi connectivity index (χ2v) is 21.4. The minimum atomic E-state index is 0.978. The molecule has 0 unspecified atom stereocenters. The Labute approximate surface area is 444 Å². The molecule has 7 heterocycles. The molecule has 5 heteroatoms. The van der Waals surface area contributed by atoms with Crippen LogP contribution in [0.4, 0.5) is 0 Å². The number of hydrogen-bond donors (Lipinski definition) is 0. The van der Waals surface area contributed by atoms with E-state index in [0.29, 0.717) is 0 Å². The first-order valence-electron chi connectivity index (χ1n) is 27.0. The summed E-state index contributed by atoms with van der Waals surface area (Å²) in [5, 5.41) is 18.4. The summed E-state index contributed by atoms with van der Waals surface area (Å²) in [6.07, 6.45) is 0. The zero-order chi connectivity index (χ0) is 50.5. The number of rotatable bonds is 4. The van der Waals surface area contributed by atoms with Gasteiger partial charge >= 0.3 is 0 Å². The van der Waals surface area contributed by atoms with E-state index in [9.17, 15) is 0 Å². The minimum Gasteiger partial charge on any atom is -0.309 e. The van der Waals surface area contributed by atoms with Gasteiger partial charge in [-0.3, -0.25) is 4.40 Å². The fourth-order valence-electron chi connectivity index (χ4n) is 14.4. The van der Waals surface area contributed by atoms with E-state index in [-0.39, 0.29) is 0 Å². The molecule has 5 nitrogen and oxygen atoms in total. The van der Waals surface area contributed by atoms with E-state index in [2.05, 4.69) is 267 Å². The van der Waals surface area contributed by atoms with Gasteiger partial charge in [0.25, 0.3) is 0 Å². The molecule has 0 aliphatic rings. The molecule has 358 valence electrons. The summed E-state index contributed by atoms with van der Waals surface area (Å²) in [6, 6.07) is 92.3. The SMILES string of the molecule is c1ccc(-n2c3ccccc3c3cc(-c4c5ccccc5cc5c6c7ccccc7cc7c8nc9c(cc8n(c45)c76)c4cccc5c6cccc(-c7ccc8c(c7)c7ccccc7n8-c7ccccc7)c6n9c45)ccc32)cc1. The Morgan fingerprint density at radius 3 is 1.47 bits per heavy atom. The van der Waals surface area contributed by atoms with E-state index >= 15 is 0 Å². The van der Waals surface area contributed by atoms with Crippen molar-refractivity contribution in [2.45, 2.75) is 0 Å². The van der Waals surface area contributed by atoms with E-state index in [4.69, 9.17) is 4.98 Å². The number of aromatic nitrogens is 5. The number of benzene rings is 12. The van der Waals surface area contributed by atoms with E-state index in [1.807, 2.05) is 0 Å². The van der Waals surface area contributed by atoms with Gasteiger partial charge in [0.2, 0.25) is 0 Å². The molecule has 12 aromatic carbocycles. The van der Waals surface area contributed by atoms with Gasteiger partial charge in [-0.05, 0) is 112 Å². The quantitative estimate of drug-likeness (QED) is 0.173. The smallest absolute Gasteiger partial charge is 0.146 e. The van der Waals surface area contributed by atoms with Crippen molar-refractivity contribution in [3.8, 4) is 33.6 Å². The molecule has 0 atom stereocenters. The molecule has 0 radical (unpaired) electrons. The largest absolute Gasteiger partial charge is 0.309 e. The molecule has 0 saturated heterocycles. The average Bonchev–Trinajstić information content (AvgIpc) is 3.71. The van der Waals surface area contributed by atoms with Crippen LogP contribution in [0.2, 0.25) is 0 Å². The topological polar surface area (TPSA) is 31.6 Å². The first-order chi connectivity index (χ1) is 38.7. The maximum Gasteiger partial charge on any atom is 0.146 e. The van der Waals surface area contributed by atoms with E-state index in [0.717, 1.165) is 33.4 Å². The molecule has 0 aliphatic carbocycles. The Hall–Kier alpha value is -10.5. The predicted octanol–water partition coefficient (Wildman–Crippen LogP) is 19.2. The molecular formula is C73H41N5. The predicted molar refractivity (Wildman–Crippen MR) is 328 cm³/mol. The van der Waals surface area contributed by atoms with Crippen molar-refractivity contribution in [2.24, 2.45) is 0 Å². The van der Waals surface area contributed by atoms with Crippen molar-refractivity contribution < 1.29 is 0 Å². The first kappa shape index (κ1) is 40.8. The maximum atomic E-state index is 5.99. The molecule has 0 aliphatic heterocycles. The number of pyridine rings is 1. The molecule has 0 saturated carbocycles. The lowest BCUT2D eigenvalue weighted by Crippen LogP contribution is -1.93. The summed E-state index contributed by atoms with van der Waals surface area (Å²) < 4.78 is 9.89. The molecule has 0 amide bonds. The third-order valence-electron chi connectivity index (χ3n) is 17.5. The van der Waals surface area contributed by atoms with Crippen LogP contribution in [-0.4, -0.2) is 22.9 Å². The minimum absolute atomic E-state index is 0.978. The van der Waals surface area contributed by atoms with Gasteiger partial charge in [0.05, 0.1) is 55.2 Å². The second-order valence-electron chi connectivity index (χ2n) is 21.4. The molecule has 78 heavy (non-hydrogen) atoms. The standard InChI is InChI=1S/C73H41N5/c1-3-19-46(20-4-1)75-61-31-13-11-25-51(61)56-37-44(33-35-63(56)75)50-27-15-28-53-54-29-16-30-55-58-41-65-68(74-73(58)78(69(50)53)70(54)55)60-39-43-18-8-10-24-49(43)67-59-38-42-17-7-9-23-48(42)66(71(59)77(65)72(60)67)45-34-36-64-57(40-45)52-26-12-14-32-62(52)76(64)47-21-5-2-6-22-47/h1-41H. The van der Waals surface area contributed by atoms with Gasteiger partial charge in [-0.25, -0.2) is 4.98 Å². The monoisotopic (exact) mass is 987 g/mol. The molecule has 19 aromatic rings. The summed E-state index contributed by atoms with van der Waals surface area (Å²) >= 11 is 0. The molecule has 0 fully saturated rings. The third kappa shape index (κ3) is 5.09. The first-order valence-corrected chi connectivity index (χ1v) is 27.0. The van der Waals surface area contributed by atoms with Gasteiger partial charge < -0.3 is 13.5 Å². The molecular weight excluding hydrogens is 947 g/mol. The van der Waals surface area contributed by atoms with E-state index in [1.165, 1.54) is 142 Å². The molecule has 0 bridgehead atoms. The van der Waals surface area contributed by atoms with Crippen LogP contribution in [0.25, 0.3) is 175 Å². The zero-order valence-electron chi connectivity index (χ0n) is 41.9. The Morgan fingerprint density at radius 1 is 0.269 bits per heavy atom. The van der Waals surface area contributed by atoms with Gasteiger partial charge in [-0.15, -0.1) is 0 Å². The average molecular weight is 988 g/mol. The highest BCUT2D eigenvalue weighted by Crippen LogP contribution is 2.50. The van der Waals surface area contributed by atoms with Crippen molar-refractivity contribution in [3.63, 3.8) is 0 Å². The van der Waals surface area contributed by atoms with Crippen molar-refractivity contribution in [2.75, 3.05) is 0 Å². The Morgan fingerprint density at radius 2 is 0.782 bits per heavy atom. The summed E-state index contributed by atoms with van der Waals surface area (Å²) in [5.41, 5.74) is 19.8. The molecule has 7 aromatic heterocycles. The van der Waals surface area contributed by atoms with Crippen molar-refractivity contribution in [3.05, 3.63) is 249 Å². The lowest BCUT2D eigenvalue weighted by Gasteiger charge is -2.13. The van der Waals surface area contributed by atoms with Crippen LogP contribution in [0.15, 0.2) is 249 Å². The van der Waals surface area contributed by atoms with Crippen molar-refractivity contribution in [1.29, 1.82) is 0 Å². The van der Waals surface area contributed by atoms with Gasteiger partial charge in [0.1, 0.15) is 5.65 Å². The van der Waals surface area contributed by atoms with Crippen LogP contribution in [0.3, 0.4) is 0 Å². The van der Waals surface area contributed by atoms with Crippen LogP contribution in [-0.2, 0) is 0 Å². The summed E-state index contributed by atoms with van der Waals surface area (Å²) in [5.74, 6) is 0. The number of nitrogens with zero attached hydrogens (tertiary/aromatic N) is 5. The molecule has 0 spiro atoms. The number of fused-ring (bicyclic) bond motifs is 21. The fraction of sp³-hybridized carbons (Fsp3) is 0.